The Morgan fingerprint density at radius 3 is 1.92 bits per heavy atom. The number of rotatable bonds is 12. The molecule has 10 heteroatoms. The monoisotopic (exact) mass is 498 g/mol. The minimum absolute atomic E-state index is 0.0382. The van der Waals surface area contributed by atoms with Crippen molar-refractivity contribution in [1.29, 1.82) is 0 Å². The van der Waals surface area contributed by atoms with E-state index in [9.17, 15) is 29.4 Å². The lowest BCUT2D eigenvalue weighted by molar-refractivity contribution is -0.143. The first kappa shape index (κ1) is 28.3. The van der Waals surface area contributed by atoms with E-state index in [0.717, 1.165) is 5.56 Å². The summed E-state index contributed by atoms with van der Waals surface area (Å²) >= 11 is 0. The van der Waals surface area contributed by atoms with Crippen molar-refractivity contribution >= 4 is 23.7 Å². The molecule has 194 valence electrons. The maximum atomic E-state index is 13.0. The van der Waals surface area contributed by atoms with Crippen LogP contribution in [0.15, 0.2) is 54.6 Å². The van der Waals surface area contributed by atoms with E-state index in [1.54, 1.807) is 26.0 Å². The van der Waals surface area contributed by atoms with E-state index in [1.807, 2.05) is 30.3 Å². The SMILES string of the molecule is CC(NC(=O)C(N)Cc1ccccc1)C(=O)NC(Cc1ccc(O)cc1)C(=O)NC(C(=O)O)C(C)C. The fraction of sp³-hybridized carbons (Fsp3) is 0.385. The number of hydrogen-bond acceptors (Lipinski definition) is 6. The summed E-state index contributed by atoms with van der Waals surface area (Å²) in [4.78, 5) is 49.9. The summed E-state index contributed by atoms with van der Waals surface area (Å²) in [6, 6.07) is 11.1. The Morgan fingerprint density at radius 2 is 1.36 bits per heavy atom. The highest BCUT2D eigenvalue weighted by Gasteiger charge is 2.30. The van der Waals surface area contributed by atoms with Crippen LogP contribution in [-0.4, -0.2) is 58.1 Å². The van der Waals surface area contributed by atoms with E-state index in [-0.39, 0.29) is 18.1 Å². The number of nitrogens with two attached hydrogens (primary N) is 1. The number of carbonyl (C=O) groups is 4. The van der Waals surface area contributed by atoms with E-state index >= 15 is 0 Å². The van der Waals surface area contributed by atoms with Crippen LogP contribution in [0.2, 0.25) is 0 Å². The standard InChI is InChI=1S/C26H34N4O6/c1-15(2)22(26(35)36)30-25(34)21(14-18-9-11-19(31)12-10-18)29-23(32)16(3)28-24(33)20(27)13-17-7-5-4-6-8-17/h4-12,15-16,20-22,31H,13-14,27H2,1-3H3,(H,28,33)(H,29,32)(H,30,34)(H,35,36). The number of aliphatic carboxylic acids is 1. The molecule has 10 nitrogen and oxygen atoms in total. The number of nitrogens with one attached hydrogen (secondary N) is 3. The molecule has 2 rings (SSSR count). The van der Waals surface area contributed by atoms with Crippen molar-refractivity contribution in [2.75, 3.05) is 0 Å². The zero-order chi connectivity index (χ0) is 26.8. The van der Waals surface area contributed by atoms with E-state index in [0.29, 0.717) is 12.0 Å². The van der Waals surface area contributed by atoms with Crippen molar-refractivity contribution in [2.45, 2.75) is 57.8 Å². The van der Waals surface area contributed by atoms with Gasteiger partial charge in [0.1, 0.15) is 23.9 Å². The number of aromatic hydroxyl groups is 1. The highest BCUT2D eigenvalue weighted by atomic mass is 16.4. The van der Waals surface area contributed by atoms with Crippen molar-refractivity contribution in [2.24, 2.45) is 11.7 Å². The molecular weight excluding hydrogens is 464 g/mol. The van der Waals surface area contributed by atoms with Gasteiger partial charge in [-0.1, -0.05) is 56.3 Å². The van der Waals surface area contributed by atoms with Gasteiger partial charge in [-0.15, -0.1) is 0 Å². The van der Waals surface area contributed by atoms with Crippen LogP contribution >= 0.6 is 0 Å². The number of benzene rings is 2. The third-order valence-electron chi connectivity index (χ3n) is 5.63. The van der Waals surface area contributed by atoms with Crippen molar-refractivity contribution in [3.05, 3.63) is 65.7 Å². The zero-order valence-corrected chi connectivity index (χ0v) is 20.6. The fourth-order valence-electron chi connectivity index (χ4n) is 3.49. The first-order chi connectivity index (χ1) is 17.0. The lowest BCUT2D eigenvalue weighted by Gasteiger charge is -2.25. The Morgan fingerprint density at radius 1 is 0.778 bits per heavy atom. The largest absolute Gasteiger partial charge is 0.508 e. The Bertz CT molecular complexity index is 1040. The first-order valence-electron chi connectivity index (χ1n) is 11.7. The van der Waals surface area contributed by atoms with Crippen LogP contribution < -0.4 is 21.7 Å². The molecule has 0 saturated carbocycles. The number of carboxylic acid groups (broad SMARTS) is 1. The van der Waals surface area contributed by atoms with Gasteiger partial charge in [-0.05, 0) is 42.5 Å². The van der Waals surface area contributed by atoms with Gasteiger partial charge in [-0.3, -0.25) is 14.4 Å². The molecule has 2 aromatic carbocycles. The Balaban J connectivity index is 2.09. The topological polar surface area (TPSA) is 171 Å². The number of phenolic OH excluding ortho intramolecular Hbond substituents is 1. The second kappa shape index (κ2) is 13.2. The molecule has 7 N–H and O–H groups in total. The predicted octanol–water partition coefficient (Wildman–Crippen LogP) is 0.720. The lowest BCUT2D eigenvalue weighted by Crippen LogP contribution is -2.57. The molecule has 0 saturated heterocycles. The first-order valence-corrected chi connectivity index (χ1v) is 11.7. The van der Waals surface area contributed by atoms with Gasteiger partial charge in [0.2, 0.25) is 17.7 Å². The molecular formula is C26H34N4O6. The number of amides is 3. The van der Waals surface area contributed by atoms with Crippen LogP contribution in [0.3, 0.4) is 0 Å². The van der Waals surface area contributed by atoms with Crippen LogP contribution in [0.1, 0.15) is 31.9 Å². The van der Waals surface area contributed by atoms with Crippen LogP contribution in [0.4, 0.5) is 0 Å². The van der Waals surface area contributed by atoms with Gasteiger partial charge in [0.15, 0.2) is 0 Å². The maximum absolute atomic E-state index is 13.0. The van der Waals surface area contributed by atoms with E-state index in [1.165, 1.54) is 19.1 Å². The number of hydrogen-bond donors (Lipinski definition) is 6. The van der Waals surface area contributed by atoms with Gasteiger partial charge in [0, 0.05) is 6.42 Å². The average Bonchev–Trinajstić information content (AvgIpc) is 2.83. The molecule has 4 unspecified atom stereocenters. The van der Waals surface area contributed by atoms with Gasteiger partial charge in [0.05, 0.1) is 6.04 Å². The Hall–Kier alpha value is -3.92. The molecule has 0 spiro atoms. The summed E-state index contributed by atoms with van der Waals surface area (Å²) < 4.78 is 0. The number of carbonyl (C=O) groups excluding carboxylic acids is 3. The normalized spacial score (nSPS) is 14.2. The summed E-state index contributed by atoms with van der Waals surface area (Å²) in [6.45, 7) is 4.78. The second-order valence-electron chi connectivity index (χ2n) is 9.03. The zero-order valence-electron chi connectivity index (χ0n) is 20.6. The lowest BCUT2D eigenvalue weighted by atomic mass is 10.0. The Labute approximate surface area is 210 Å². The van der Waals surface area contributed by atoms with Gasteiger partial charge < -0.3 is 31.9 Å². The van der Waals surface area contributed by atoms with Gasteiger partial charge >= 0.3 is 5.97 Å². The minimum Gasteiger partial charge on any atom is -0.508 e. The van der Waals surface area contributed by atoms with Crippen LogP contribution in [0, 0.1) is 5.92 Å². The molecule has 36 heavy (non-hydrogen) atoms. The molecule has 0 aliphatic carbocycles. The quantitative estimate of drug-likeness (QED) is 0.250. The van der Waals surface area contributed by atoms with Crippen LogP contribution in [0.25, 0.3) is 0 Å². The molecule has 4 atom stereocenters. The highest BCUT2D eigenvalue weighted by Crippen LogP contribution is 2.12. The number of phenols is 1. The summed E-state index contributed by atoms with van der Waals surface area (Å²) in [6.07, 6.45) is 0.329. The van der Waals surface area contributed by atoms with E-state index in [4.69, 9.17) is 5.73 Å². The molecule has 0 bridgehead atoms. The number of carboxylic acids is 1. The smallest absolute Gasteiger partial charge is 0.326 e. The van der Waals surface area contributed by atoms with Crippen molar-refractivity contribution in [3.8, 4) is 5.75 Å². The van der Waals surface area contributed by atoms with Gasteiger partial charge in [-0.25, -0.2) is 4.79 Å². The highest BCUT2D eigenvalue weighted by molar-refractivity contribution is 5.94. The fourth-order valence-corrected chi connectivity index (χ4v) is 3.49. The molecule has 3 amide bonds. The van der Waals surface area contributed by atoms with Crippen molar-refractivity contribution in [3.63, 3.8) is 0 Å². The molecule has 0 aromatic heterocycles. The third-order valence-corrected chi connectivity index (χ3v) is 5.63. The Kier molecular flexibility index (Phi) is 10.4. The average molecular weight is 499 g/mol. The summed E-state index contributed by atoms with van der Waals surface area (Å²) in [5.41, 5.74) is 7.50. The molecule has 2 aromatic rings. The maximum Gasteiger partial charge on any atom is 0.326 e. The predicted molar refractivity (Wildman–Crippen MR) is 134 cm³/mol. The molecule has 0 radical (unpaired) electrons. The molecule has 0 aliphatic heterocycles. The molecule has 0 aliphatic rings. The van der Waals surface area contributed by atoms with Crippen molar-refractivity contribution in [1.82, 2.24) is 16.0 Å². The van der Waals surface area contributed by atoms with Crippen LogP contribution in [0.5, 0.6) is 5.75 Å². The summed E-state index contributed by atoms with van der Waals surface area (Å²) in [5, 5.41) is 26.6. The summed E-state index contributed by atoms with van der Waals surface area (Å²) in [5.74, 6) is -3.38. The van der Waals surface area contributed by atoms with Gasteiger partial charge in [0.25, 0.3) is 0 Å². The van der Waals surface area contributed by atoms with E-state index in [2.05, 4.69) is 16.0 Å². The molecule has 0 heterocycles. The minimum atomic E-state index is -1.19. The third kappa shape index (κ3) is 8.70. The van der Waals surface area contributed by atoms with E-state index < -0.39 is 47.9 Å². The van der Waals surface area contributed by atoms with Crippen molar-refractivity contribution < 1.29 is 29.4 Å². The summed E-state index contributed by atoms with van der Waals surface area (Å²) in [7, 11) is 0. The second-order valence-corrected chi connectivity index (χ2v) is 9.03. The molecule has 0 fully saturated rings. The van der Waals surface area contributed by atoms with Gasteiger partial charge in [-0.2, -0.15) is 0 Å². The van der Waals surface area contributed by atoms with Crippen LogP contribution in [-0.2, 0) is 32.0 Å².